The van der Waals surface area contributed by atoms with Gasteiger partial charge in [-0.3, -0.25) is 4.79 Å². The lowest BCUT2D eigenvalue weighted by Gasteiger charge is -2.03. The molecule has 2 rings (SSSR count). The molecule has 0 spiro atoms. The molecule has 0 heterocycles. The van der Waals surface area contributed by atoms with Crippen LogP contribution in [0.25, 0.3) is 0 Å². The second kappa shape index (κ2) is 7.87. The van der Waals surface area contributed by atoms with Gasteiger partial charge in [-0.05, 0) is 35.4 Å². The highest BCUT2D eigenvalue weighted by Gasteiger charge is 2.03. The minimum Gasteiger partial charge on any atom is -0.435 e. The summed E-state index contributed by atoms with van der Waals surface area (Å²) in [7, 11) is 0. The van der Waals surface area contributed by atoms with E-state index in [2.05, 4.69) is 15.3 Å². The minimum atomic E-state index is -2.85. The van der Waals surface area contributed by atoms with Crippen molar-refractivity contribution in [1.29, 1.82) is 0 Å². The molecule has 0 unspecified atom stereocenters. The van der Waals surface area contributed by atoms with Crippen molar-refractivity contribution in [2.24, 2.45) is 5.10 Å². The van der Waals surface area contributed by atoms with Crippen molar-refractivity contribution in [2.45, 2.75) is 13.0 Å². The van der Waals surface area contributed by atoms with Gasteiger partial charge in [-0.15, -0.1) is 0 Å². The molecule has 2 aromatic carbocycles. The second-order valence-corrected chi connectivity index (χ2v) is 4.40. The third-order valence-electron chi connectivity index (χ3n) is 2.72. The Kier molecular flexibility index (Phi) is 5.59. The van der Waals surface area contributed by atoms with Gasteiger partial charge in [-0.25, -0.2) is 5.43 Å². The highest BCUT2D eigenvalue weighted by atomic mass is 19.3. The quantitative estimate of drug-likeness (QED) is 0.659. The van der Waals surface area contributed by atoms with Crippen LogP contribution in [0.4, 0.5) is 8.78 Å². The minimum absolute atomic E-state index is 0.0697. The fourth-order valence-electron chi connectivity index (χ4n) is 1.73. The average Bonchev–Trinajstić information content (AvgIpc) is 2.49. The third-order valence-corrected chi connectivity index (χ3v) is 2.72. The van der Waals surface area contributed by atoms with Crippen LogP contribution in [0.15, 0.2) is 59.7 Å². The van der Waals surface area contributed by atoms with E-state index < -0.39 is 6.61 Å². The highest BCUT2D eigenvalue weighted by molar-refractivity contribution is 5.83. The predicted octanol–water partition coefficient (Wildman–Crippen LogP) is 2.98. The van der Waals surface area contributed by atoms with Crippen LogP contribution in [0.5, 0.6) is 5.75 Å². The second-order valence-electron chi connectivity index (χ2n) is 4.40. The first-order valence-electron chi connectivity index (χ1n) is 6.54. The first-order chi connectivity index (χ1) is 10.6. The maximum Gasteiger partial charge on any atom is 0.387 e. The van der Waals surface area contributed by atoms with Crippen LogP contribution in [-0.4, -0.2) is 18.7 Å². The summed E-state index contributed by atoms with van der Waals surface area (Å²) in [6.07, 6.45) is 1.66. The van der Waals surface area contributed by atoms with Gasteiger partial charge >= 0.3 is 6.61 Å². The van der Waals surface area contributed by atoms with Crippen LogP contribution in [0, 0.1) is 0 Å². The van der Waals surface area contributed by atoms with Gasteiger partial charge in [0.1, 0.15) is 5.75 Å². The van der Waals surface area contributed by atoms with Crippen LogP contribution >= 0.6 is 0 Å². The lowest BCUT2D eigenvalue weighted by molar-refractivity contribution is -0.120. The molecule has 0 bridgehead atoms. The lowest BCUT2D eigenvalue weighted by atomic mass is 10.1. The number of nitrogens with zero attached hydrogens (tertiary/aromatic N) is 1. The van der Waals surface area contributed by atoms with Gasteiger partial charge in [-0.1, -0.05) is 30.3 Å². The molecule has 0 atom stereocenters. The number of carbonyl (C=O) groups excluding carboxylic acids is 1. The van der Waals surface area contributed by atoms with E-state index >= 15 is 0 Å². The molecule has 0 aromatic heterocycles. The van der Waals surface area contributed by atoms with Crippen LogP contribution in [0.2, 0.25) is 0 Å². The molecular formula is C16H14F2N2O2. The number of carbonyl (C=O) groups is 1. The summed E-state index contributed by atoms with van der Waals surface area (Å²) in [6, 6.07) is 15.2. The van der Waals surface area contributed by atoms with E-state index in [-0.39, 0.29) is 18.1 Å². The zero-order chi connectivity index (χ0) is 15.8. The first-order valence-corrected chi connectivity index (χ1v) is 6.54. The van der Waals surface area contributed by atoms with Crippen molar-refractivity contribution in [1.82, 2.24) is 5.43 Å². The van der Waals surface area contributed by atoms with Gasteiger partial charge < -0.3 is 4.74 Å². The molecule has 0 aliphatic rings. The van der Waals surface area contributed by atoms with Gasteiger partial charge in [-0.2, -0.15) is 13.9 Å². The number of hydrazone groups is 1. The van der Waals surface area contributed by atoms with E-state index in [9.17, 15) is 13.6 Å². The Morgan fingerprint density at radius 2 is 1.82 bits per heavy atom. The summed E-state index contributed by atoms with van der Waals surface area (Å²) in [5.41, 5.74) is 3.95. The fourth-order valence-corrected chi connectivity index (χ4v) is 1.73. The number of amides is 1. The van der Waals surface area contributed by atoms with E-state index in [1.807, 2.05) is 30.3 Å². The summed E-state index contributed by atoms with van der Waals surface area (Å²) < 4.78 is 28.2. The maximum absolute atomic E-state index is 12.0. The molecule has 114 valence electrons. The monoisotopic (exact) mass is 304 g/mol. The largest absolute Gasteiger partial charge is 0.435 e. The Morgan fingerprint density at radius 1 is 1.14 bits per heavy atom. The van der Waals surface area contributed by atoms with Gasteiger partial charge in [0.15, 0.2) is 0 Å². The van der Waals surface area contributed by atoms with Gasteiger partial charge in [0.05, 0.1) is 12.6 Å². The molecule has 4 nitrogen and oxygen atoms in total. The van der Waals surface area contributed by atoms with Crippen molar-refractivity contribution in [3.63, 3.8) is 0 Å². The number of hydrogen-bond donors (Lipinski definition) is 1. The van der Waals surface area contributed by atoms with E-state index in [0.717, 1.165) is 5.56 Å². The van der Waals surface area contributed by atoms with Crippen molar-refractivity contribution in [3.8, 4) is 5.75 Å². The number of nitrogens with one attached hydrogen (secondary N) is 1. The molecular weight excluding hydrogens is 290 g/mol. The SMILES string of the molecule is O=C(Cc1ccccc1)NN=Cc1ccc(OC(F)F)cc1. The molecule has 2 aromatic rings. The number of halogens is 2. The Hall–Kier alpha value is -2.76. The zero-order valence-corrected chi connectivity index (χ0v) is 11.6. The van der Waals surface area contributed by atoms with Gasteiger partial charge in [0.25, 0.3) is 0 Å². The Labute approximate surface area is 126 Å². The number of rotatable bonds is 6. The molecule has 22 heavy (non-hydrogen) atoms. The van der Waals surface area contributed by atoms with Gasteiger partial charge in [0, 0.05) is 0 Å². The van der Waals surface area contributed by atoms with Crippen LogP contribution in [-0.2, 0) is 11.2 Å². The molecule has 6 heteroatoms. The molecule has 0 fully saturated rings. The van der Waals surface area contributed by atoms with Crippen molar-refractivity contribution >= 4 is 12.1 Å². The fraction of sp³-hybridized carbons (Fsp3) is 0.125. The van der Waals surface area contributed by atoms with E-state index in [0.29, 0.717) is 5.56 Å². The van der Waals surface area contributed by atoms with E-state index in [1.165, 1.54) is 18.3 Å². The highest BCUT2D eigenvalue weighted by Crippen LogP contribution is 2.13. The molecule has 0 aliphatic heterocycles. The summed E-state index contributed by atoms with van der Waals surface area (Å²) in [5.74, 6) is -0.166. The lowest BCUT2D eigenvalue weighted by Crippen LogP contribution is -2.19. The summed E-state index contributed by atoms with van der Waals surface area (Å²) in [5, 5.41) is 3.81. The summed E-state index contributed by atoms with van der Waals surface area (Å²) >= 11 is 0. The van der Waals surface area contributed by atoms with Crippen molar-refractivity contribution in [3.05, 3.63) is 65.7 Å². The first kappa shape index (κ1) is 15.6. The molecule has 0 aliphatic carbocycles. The summed E-state index contributed by atoms with van der Waals surface area (Å²) in [4.78, 5) is 11.6. The third kappa shape index (κ3) is 5.32. The number of ether oxygens (including phenoxy) is 1. The normalized spacial score (nSPS) is 10.9. The Bertz CT molecular complexity index is 628. The molecule has 1 amide bonds. The van der Waals surface area contributed by atoms with Crippen LogP contribution in [0.1, 0.15) is 11.1 Å². The van der Waals surface area contributed by atoms with Crippen LogP contribution < -0.4 is 10.2 Å². The number of alkyl halides is 2. The van der Waals surface area contributed by atoms with Crippen molar-refractivity contribution < 1.29 is 18.3 Å². The van der Waals surface area contributed by atoms with Crippen LogP contribution in [0.3, 0.4) is 0 Å². The molecule has 0 radical (unpaired) electrons. The van der Waals surface area contributed by atoms with E-state index in [4.69, 9.17) is 0 Å². The molecule has 1 N–H and O–H groups in total. The van der Waals surface area contributed by atoms with Gasteiger partial charge in [0.2, 0.25) is 5.91 Å². The topological polar surface area (TPSA) is 50.7 Å². The Balaban J connectivity index is 1.83. The number of hydrogen-bond acceptors (Lipinski definition) is 3. The van der Waals surface area contributed by atoms with Crippen molar-refractivity contribution in [2.75, 3.05) is 0 Å². The smallest absolute Gasteiger partial charge is 0.387 e. The van der Waals surface area contributed by atoms with E-state index in [1.54, 1.807) is 12.1 Å². The predicted molar refractivity (Wildman–Crippen MR) is 79.0 cm³/mol. The summed E-state index contributed by atoms with van der Waals surface area (Å²) in [6.45, 7) is -2.85. The molecule has 0 saturated heterocycles. The maximum atomic E-state index is 12.0. The Morgan fingerprint density at radius 3 is 2.45 bits per heavy atom. The average molecular weight is 304 g/mol. The number of benzene rings is 2. The zero-order valence-electron chi connectivity index (χ0n) is 11.6. The molecule has 0 saturated carbocycles. The standard InChI is InChI=1S/C16H14F2N2O2/c17-16(18)22-14-8-6-13(7-9-14)11-19-20-15(21)10-12-4-2-1-3-5-12/h1-9,11,16H,10H2,(H,20,21).